The zero-order valence-electron chi connectivity index (χ0n) is 10.5. The van der Waals surface area contributed by atoms with E-state index in [1.165, 1.54) is 0 Å². The number of aliphatic hydroxyl groups excluding tert-OH is 1. The van der Waals surface area contributed by atoms with Crippen LogP contribution in [-0.4, -0.2) is 10.1 Å². The lowest BCUT2D eigenvalue weighted by atomic mass is 10.0. The maximum Gasteiger partial charge on any atom is 0.0845 e. The van der Waals surface area contributed by atoms with Crippen LogP contribution in [0.1, 0.15) is 17.4 Å². The van der Waals surface area contributed by atoms with Gasteiger partial charge in [0.2, 0.25) is 0 Å². The molecule has 0 aliphatic rings. The van der Waals surface area contributed by atoms with Gasteiger partial charge in [-0.25, -0.2) is 0 Å². The Bertz CT molecular complexity index is 679. The molecule has 0 radical (unpaired) electrons. The van der Waals surface area contributed by atoms with Gasteiger partial charge in [-0.15, -0.1) is 0 Å². The minimum Gasteiger partial charge on any atom is -0.388 e. The maximum atomic E-state index is 10.2. The van der Waals surface area contributed by atoms with Gasteiger partial charge in [-0.2, -0.15) is 0 Å². The number of hydrogen-bond acceptors (Lipinski definition) is 2. The zero-order chi connectivity index (χ0) is 13.1. The molecule has 1 aromatic heterocycles. The van der Waals surface area contributed by atoms with E-state index in [-0.39, 0.29) is 0 Å². The van der Waals surface area contributed by atoms with Crippen molar-refractivity contribution in [3.8, 4) is 0 Å². The number of nitrogens with zero attached hydrogens (tertiary/aromatic N) is 1. The average molecular weight is 249 g/mol. The molecule has 1 atom stereocenters. The molecule has 94 valence electrons. The Morgan fingerprint density at radius 1 is 0.842 bits per heavy atom. The van der Waals surface area contributed by atoms with Crippen LogP contribution in [0.3, 0.4) is 0 Å². The van der Waals surface area contributed by atoms with Crippen LogP contribution < -0.4 is 0 Å². The van der Waals surface area contributed by atoms with E-state index in [2.05, 4.69) is 11.1 Å². The summed E-state index contributed by atoms with van der Waals surface area (Å²) in [6.45, 7) is 0. The van der Waals surface area contributed by atoms with Crippen molar-refractivity contribution in [2.45, 2.75) is 12.5 Å². The Labute approximate surface area is 112 Å². The van der Waals surface area contributed by atoms with Gasteiger partial charge in [0.1, 0.15) is 0 Å². The van der Waals surface area contributed by atoms with Crippen LogP contribution >= 0.6 is 0 Å². The highest BCUT2D eigenvalue weighted by Gasteiger charge is 2.09. The topological polar surface area (TPSA) is 33.1 Å². The Morgan fingerprint density at radius 3 is 2.42 bits per heavy atom. The average Bonchev–Trinajstić information content (AvgIpc) is 2.48. The lowest BCUT2D eigenvalue weighted by molar-refractivity contribution is 0.177. The third-order valence-electron chi connectivity index (χ3n) is 3.24. The van der Waals surface area contributed by atoms with Gasteiger partial charge >= 0.3 is 0 Å². The molecular weight excluding hydrogens is 234 g/mol. The normalized spacial score (nSPS) is 12.5. The van der Waals surface area contributed by atoms with Gasteiger partial charge in [0, 0.05) is 17.5 Å². The van der Waals surface area contributed by atoms with E-state index >= 15 is 0 Å². The van der Waals surface area contributed by atoms with E-state index in [4.69, 9.17) is 0 Å². The molecule has 0 fully saturated rings. The summed E-state index contributed by atoms with van der Waals surface area (Å²) in [6, 6.07) is 21.7. The number of rotatable bonds is 3. The molecule has 19 heavy (non-hydrogen) atoms. The van der Waals surface area contributed by atoms with Crippen molar-refractivity contribution in [2.75, 3.05) is 0 Å². The van der Waals surface area contributed by atoms with E-state index in [1.807, 2.05) is 60.7 Å². The molecule has 0 aliphatic carbocycles. The van der Waals surface area contributed by atoms with E-state index in [9.17, 15) is 5.11 Å². The summed E-state index contributed by atoms with van der Waals surface area (Å²) in [6.07, 6.45) is 0.0318. The minimum absolute atomic E-state index is 0.505. The second-order valence-electron chi connectivity index (χ2n) is 4.63. The molecule has 0 amide bonds. The standard InChI is InChI=1S/C17H15NO/c19-17(14-7-2-1-3-8-14)12-15-11-10-13-6-4-5-9-16(13)18-15/h1-11,17,19H,12H2/t17-/m1/s1. The second-order valence-corrected chi connectivity index (χ2v) is 4.63. The molecular formula is C17H15NO. The highest BCUT2D eigenvalue weighted by molar-refractivity contribution is 5.78. The molecule has 0 aliphatic heterocycles. The quantitative estimate of drug-likeness (QED) is 0.770. The van der Waals surface area contributed by atoms with Crippen molar-refractivity contribution in [1.29, 1.82) is 0 Å². The van der Waals surface area contributed by atoms with Crippen LogP contribution in [0.5, 0.6) is 0 Å². The van der Waals surface area contributed by atoms with Crippen molar-refractivity contribution >= 4 is 10.9 Å². The zero-order valence-corrected chi connectivity index (χ0v) is 10.5. The molecule has 0 unspecified atom stereocenters. The summed E-state index contributed by atoms with van der Waals surface area (Å²) in [5.74, 6) is 0. The Morgan fingerprint density at radius 2 is 1.58 bits per heavy atom. The van der Waals surface area contributed by atoms with Crippen molar-refractivity contribution < 1.29 is 5.11 Å². The van der Waals surface area contributed by atoms with Gasteiger partial charge in [-0.05, 0) is 17.7 Å². The van der Waals surface area contributed by atoms with Crippen molar-refractivity contribution in [1.82, 2.24) is 4.98 Å². The van der Waals surface area contributed by atoms with Gasteiger partial charge < -0.3 is 5.11 Å². The number of aromatic nitrogens is 1. The molecule has 2 aromatic carbocycles. The lowest BCUT2D eigenvalue weighted by Gasteiger charge is -2.10. The Balaban J connectivity index is 1.85. The predicted molar refractivity (Wildman–Crippen MR) is 76.8 cm³/mol. The molecule has 3 rings (SSSR count). The number of pyridine rings is 1. The highest BCUT2D eigenvalue weighted by Crippen LogP contribution is 2.19. The largest absolute Gasteiger partial charge is 0.388 e. The second kappa shape index (κ2) is 5.21. The van der Waals surface area contributed by atoms with Crippen molar-refractivity contribution in [3.05, 3.63) is 78.0 Å². The highest BCUT2D eigenvalue weighted by atomic mass is 16.3. The van der Waals surface area contributed by atoms with E-state index in [0.29, 0.717) is 6.42 Å². The van der Waals surface area contributed by atoms with Gasteiger partial charge in [0.05, 0.1) is 11.6 Å². The number of hydrogen-bond donors (Lipinski definition) is 1. The molecule has 2 heteroatoms. The van der Waals surface area contributed by atoms with Crippen LogP contribution in [0.25, 0.3) is 10.9 Å². The Hall–Kier alpha value is -2.19. The molecule has 1 N–H and O–H groups in total. The third-order valence-corrected chi connectivity index (χ3v) is 3.24. The molecule has 2 nitrogen and oxygen atoms in total. The van der Waals surface area contributed by atoms with E-state index < -0.39 is 6.10 Å². The van der Waals surface area contributed by atoms with Gasteiger partial charge in [-0.3, -0.25) is 4.98 Å². The Kier molecular flexibility index (Phi) is 3.25. The molecule has 0 saturated heterocycles. The summed E-state index contributed by atoms with van der Waals surface area (Å²) in [5.41, 5.74) is 2.81. The first kappa shape index (κ1) is 11.9. The summed E-state index contributed by atoms with van der Waals surface area (Å²) in [5, 5.41) is 11.3. The van der Waals surface area contributed by atoms with Crippen LogP contribution in [0.2, 0.25) is 0 Å². The fourth-order valence-corrected chi connectivity index (χ4v) is 2.21. The molecule has 3 aromatic rings. The van der Waals surface area contributed by atoms with Crippen LogP contribution in [-0.2, 0) is 6.42 Å². The van der Waals surface area contributed by atoms with Crippen LogP contribution in [0.4, 0.5) is 0 Å². The molecule has 1 heterocycles. The maximum absolute atomic E-state index is 10.2. The smallest absolute Gasteiger partial charge is 0.0845 e. The molecule has 0 saturated carbocycles. The lowest BCUT2D eigenvalue weighted by Crippen LogP contribution is -2.03. The first-order valence-corrected chi connectivity index (χ1v) is 6.40. The fourth-order valence-electron chi connectivity index (χ4n) is 2.21. The van der Waals surface area contributed by atoms with Crippen molar-refractivity contribution in [2.24, 2.45) is 0 Å². The monoisotopic (exact) mass is 249 g/mol. The van der Waals surface area contributed by atoms with Crippen molar-refractivity contribution in [3.63, 3.8) is 0 Å². The van der Waals surface area contributed by atoms with E-state index in [0.717, 1.165) is 22.2 Å². The van der Waals surface area contributed by atoms with Gasteiger partial charge in [-0.1, -0.05) is 54.6 Å². The summed E-state index contributed by atoms with van der Waals surface area (Å²) in [4.78, 5) is 4.58. The van der Waals surface area contributed by atoms with Gasteiger partial charge in [0.25, 0.3) is 0 Å². The van der Waals surface area contributed by atoms with Gasteiger partial charge in [0.15, 0.2) is 0 Å². The predicted octanol–water partition coefficient (Wildman–Crippen LogP) is 3.51. The minimum atomic E-state index is -0.505. The summed E-state index contributed by atoms with van der Waals surface area (Å²) < 4.78 is 0. The fraction of sp³-hybridized carbons (Fsp3) is 0.118. The summed E-state index contributed by atoms with van der Waals surface area (Å²) >= 11 is 0. The summed E-state index contributed by atoms with van der Waals surface area (Å²) in [7, 11) is 0. The number of para-hydroxylation sites is 1. The third kappa shape index (κ3) is 2.64. The number of benzene rings is 2. The van der Waals surface area contributed by atoms with E-state index in [1.54, 1.807) is 0 Å². The number of fused-ring (bicyclic) bond motifs is 1. The SMILES string of the molecule is O[C@H](Cc1ccc2ccccc2n1)c1ccccc1. The number of aliphatic hydroxyl groups is 1. The van der Waals surface area contributed by atoms with Crippen LogP contribution in [0.15, 0.2) is 66.7 Å². The first-order valence-electron chi connectivity index (χ1n) is 6.40. The molecule has 0 bridgehead atoms. The first-order chi connectivity index (χ1) is 9.33. The van der Waals surface area contributed by atoms with Crippen LogP contribution in [0, 0.1) is 0 Å². The molecule has 0 spiro atoms.